The van der Waals surface area contributed by atoms with Gasteiger partial charge in [0.15, 0.2) is 0 Å². The number of fused-ring (bicyclic) bond motifs is 1. The fourth-order valence-corrected chi connectivity index (χ4v) is 5.29. The summed E-state index contributed by atoms with van der Waals surface area (Å²) in [5, 5.41) is 3.95. The average Bonchev–Trinajstić information content (AvgIpc) is 3.16. The number of nitrogens with one attached hydrogen (secondary N) is 1. The maximum Gasteiger partial charge on any atom is 0.142 e. The highest BCUT2D eigenvalue weighted by atomic mass is 32.2. The van der Waals surface area contributed by atoms with Crippen LogP contribution in [0.4, 0.5) is 0 Å². The van der Waals surface area contributed by atoms with Crippen LogP contribution in [0.25, 0.3) is 0 Å². The molecule has 1 aromatic rings. The molecule has 1 unspecified atom stereocenters. The van der Waals surface area contributed by atoms with Crippen molar-refractivity contribution in [2.45, 2.75) is 37.1 Å². The minimum atomic E-state index is 0.521. The predicted molar refractivity (Wildman–Crippen MR) is 77.1 cm³/mol. The Hall–Kier alpha value is -0.260. The Labute approximate surface area is 116 Å². The number of thioether (sulfide) groups is 2. The molecule has 0 spiro atoms. The van der Waals surface area contributed by atoms with Gasteiger partial charge in [-0.05, 0) is 12.8 Å². The van der Waals surface area contributed by atoms with E-state index >= 15 is 0 Å². The lowest BCUT2D eigenvalue weighted by Crippen LogP contribution is -2.13. The monoisotopic (exact) mass is 279 g/mol. The predicted octanol–water partition coefficient (Wildman–Crippen LogP) is 2.48. The fraction of sp³-hybridized carbons (Fsp3) is 0.692. The summed E-state index contributed by atoms with van der Waals surface area (Å²) in [6.07, 6.45) is 2.66. The maximum atomic E-state index is 4.94. The second-order valence-electron chi connectivity index (χ2n) is 5.20. The average molecular weight is 279 g/mol. The minimum Gasteiger partial charge on any atom is -0.307 e. The largest absolute Gasteiger partial charge is 0.307 e. The lowest BCUT2D eigenvalue weighted by molar-refractivity contribution is 0.754. The normalized spacial score (nSPS) is 27.2. The quantitative estimate of drug-likeness (QED) is 0.900. The van der Waals surface area contributed by atoms with Crippen LogP contribution in [0, 0.1) is 0 Å². The Morgan fingerprint density at radius 3 is 2.83 bits per heavy atom. The van der Waals surface area contributed by atoms with Crippen LogP contribution in [0.1, 0.15) is 46.8 Å². The fourth-order valence-electron chi connectivity index (χ4n) is 2.69. The third-order valence-corrected chi connectivity index (χ3v) is 6.56. The highest BCUT2D eigenvalue weighted by molar-refractivity contribution is 8.06. The van der Waals surface area contributed by atoms with Gasteiger partial charge in [0.05, 0.1) is 16.6 Å². The molecule has 1 atom stereocenters. The molecule has 18 heavy (non-hydrogen) atoms. The first-order valence-electron chi connectivity index (χ1n) is 6.71. The molecule has 1 N–H and O–H groups in total. The topological polar surface area (TPSA) is 37.8 Å². The number of nitrogens with zero attached hydrogens (tertiary/aromatic N) is 2. The Kier molecular flexibility index (Phi) is 3.01. The zero-order chi connectivity index (χ0) is 11.9. The van der Waals surface area contributed by atoms with Gasteiger partial charge in [-0.15, -0.1) is 11.8 Å². The number of rotatable bonds is 2. The van der Waals surface area contributed by atoms with Gasteiger partial charge in [-0.3, -0.25) is 0 Å². The molecular weight excluding hydrogens is 262 g/mol. The third kappa shape index (κ3) is 2.06. The van der Waals surface area contributed by atoms with Crippen LogP contribution in [0.3, 0.4) is 0 Å². The van der Waals surface area contributed by atoms with E-state index in [0.717, 1.165) is 24.8 Å². The molecule has 3 heterocycles. The smallest absolute Gasteiger partial charge is 0.142 e. The molecule has 0 bridgehead atoms. The van der Waals surface area contributed by atoms with E-state index in [1.165, 1.54) is 47.1 Å². The van der Waals surface area contributed by atoms with Gasteiger partial charge in [-0.2, -0.15) is 11.8 Å². The molecule has 4 rings (SSSR count). The molecule has 0 amide bonds. The summed E-state index contributed by atoms with van der Waals surface area (Å²) in [4.78, 5) is 9.78. The number of hydrogen-bond donors (Lipinski definition) is 1. The van der Waals surface area contributed by atoms with Gasteiger partial charge in [-0.1, -0.05) is 0 Å². The van der Waals surface area contributed by atoms with Crippen molar-refractivity contribution in [3.8, 4) is 0 Å². The Balaban J connectivity index is 1.72. The van der Waals surface area contributed by atoms with Gasteiger partial charge < -0.3 is 5.32 Å². The third-order valence-electron chi connectivity index (χ3n) is 3.80. The van der Waals surface area contributed by atoms with Crippen LogP contribution in [-0.4, -0.2) is 27.2 Å². The SMILES string of the molecule is C1CSC(c2nc3c(c(C4CC4)n2)CNC3)CS1. The van der Waals surface area contributed by atoms with Gasteiger partial charge in [0, 0.05) is 41.8 Å². The summed E-state index contributed by atoms with van der Waals surface area (Å²) in [5.41, 5.74) is 4.06. The van der Waals surface area contributed by atoms with E-state index in [4.69, 9.17) is 9.97 Å². The molecule has 3 aliphatic rings. The minimum absolute atomic E-state index is 0.521. The van der Waals surface area contributed by atoms with E-state index in [1.807, 2.05) is 23.5 Å². The van der Waals surface area contributed by atoms with E-state index in [-0.39, 0.29) is 0 Å². The second-order valence-corrected chi connectivity index (χ2v) is 7.66. The van der Waals surface area contributed by atoms with Crippen molar-refractivity contribution >= 4 is 23.5 Å². The van der Waals surface area contributed by atoms with Gasteiger partial charge >= 0.3 is 0 Å². The Morgan fingerprint density at radius 1 is 1.11 bits per heavy atom. The molecule has 1 aromatic heterocycles. The van der Waals surface area contributed by atoms with Crippen LogP contribution in [-0.2, 0) is 13.1 Å². The van der Waals surface area contributed by atoms with Gasteiger partial charge in [0.1, 0.15) is 5.82 Å². The van der Waals surface area contributed by atoms with Crippen LogP contribution >= 0.6 is 23.5 Å². The Morgan fingerprint density at radius 2 is 2.06 bits per heavy atom. The van der Waals surface area contributed by atoms with Crippen LogP contribution in [0.15, 0.2) is 0 Å². The lowest BCUT2D eigenvalue weighted by Gasteiger charge is -2.21. The zero-order valence-corrected chi connectivity index (χ0v) is 11.9. The second kappa shape index (κ2) is 4.69. The van der Waals surface area contributed by atoms with E-state index in [0.29, 0.717) is 5.25 Å². The maximum absolute atomic E-state index is 4.94. The molecule has 1 aliphatic carbocycles. The molecule has 3 nitrogen and oxygen atoms in total. The standard InChI is InChI=1S/C13H17N3S2/c1-2-8(1)12-9-5-14-6-10(9)15-13(16-12)11-7-17-3-4-18-11/h8,11,14H,1-7H2. The molecule has 0 radical (unpaired) electrons. The van der Waals surface area contributed by atoms with Gasteiger partial charge in [-0.25, -0.2) is 9.97 Å². The molecule has 96 valence electrons. The van der Waals surface area contributed by atoms with E-state index in [2.05, 4.69) is 5.32 Å². The van der Waals surface area contributed by atoms with Crippen molar-refractivity contribution in [1.82, 2.24) is 15.3 Å². The molecule has 5 heteroatoms. The summed E-state index contributed by atoms with van der Waals surface area (Å²) in [5.74, 6) is 5.55. The van der Waals surface area contributed by atoms with Crippen molar-refractivity contribution < 1.29 is 0 Å². The number of hydrogen-bond acceptors (Lipinski definition) is 5. The van der Waals surface area contributed by atoms with Gasteiger partial charge in [0.2, 0.25) is 0 Å². The van der Waals surface area contributed by atoms with Crippen molar-refractivity contribution in [2.24, 2.45) is 0 Å². The highest BCUT2D eigenvalue weighted by Crippen LogP contribution is 2.43. The van der Waals surface area contributed by atoms with Crippen LogP contribution in [0.5, 0.6) is 0 Å². The van der Waals surface area contributed by atoms with Crippen molar-refractivity contribution in [3.63, 3.8) is 0 Å². The molecule has 2 aliphatic heterocycles. The summed E-state index contributed by atoms with van der Waals surface area (Å²) in [6.45, 7) is 1.92. The molecule has 1 saturated heterocycles. The first-order chi connectivity index (χ1) is 8.92. The van der Waals surface area contributed by atoms with Crippen LogP contribution < -0.4 is 5.32 Å². The molecule has 0 aromatic carbocycles. The Bertz CT molecular complexity index is 468. The molecule has 1 saturated carbocycles. The first-order valence-corrected chi connectivity index (χ1v) is 8.92. The summed E-state index contributed by atoms with van der Waals surface area (Å²) >= 11 is 4.08. The molecule has 2 fully saturated rings. The number of aromatic nitrogens is 2. The summed E-state index contributed by atoms with van der Waals surface area (Å²) in [6, 6.07) is 0. The first kappa shape index (κ1) is 11.6. The molecular formula is C13H17N3S2. The van der Waals surface area contributed by atoms with E-state index in [9.17, 15) is 0 Å². The van der Waals surface area contributed by atoms with E-state index < -0.39 is 0 Å². The van der Waals surface area contributed by atoms with Gasteiger partial charge in [0.25, 0.3) is 0 Å². The zero-order valence-electron chi connectivity index (χ0n) is 10.3. The summed E-state index contributed by atoms with van der Waals surface area (Å²) < 4.78 is 0. The van der Waals surface area contributed by atoms with Crippen LogP contribution in [0.2, 0.25) is 0 Å². The lowest BCUT2D eigenvalue weighted by atomic mass is 10.1. The van der Waals surface area contributed by atoms with Crippen molar-refractivity contribution in [2.75, 3.05) is 17.3 Å². The van der Waals surface area contributed by atoms with E-state index in [1.54, 1.807) is 0 Å². The highest BCUT2D eigenvalue weighted by Gasteiger charge is 2.32. The summed E-state index contributed by atoms with van der Waals surface area (Å²) in [7, 11) is 0. The van der Waals surface area contributed by atoms with Crippen molar-refractivity contribution in [3.05, 3.63) is 22.8 Å². The van der Waals surface area contributed by atoms with Crippen molar-refractivity contribution in [1.29, 1.82) is 0 Å².